The zero-order valence-corrected chi connectivity index (χ0v) is 25.0. The molecular weight excluding hydrogens is 518 g/mol. The van der Waals surface area contributed by atoms with E-state index in [4.69, 9.17) is 25.5 Å². The second kappa shape index (κ2) is 13.8. The van der Waals surface area contributed by atoms with Crippen LogP contribution >= 0.6 is 0 Å². The molecule has 224 valence electrons. The third-order valence-corrected chi connectivity index (χ3v) is 5.98. The first-order valence-corrected chi connectivity index (χ1v) is 13.4. The van der Waals surface area contributed by atoms with Crippen molar-refractivity contribution >= 4 is 23.9 Å². The number of amides is 3. The van der Waals surface area contributed by atoms with Crippen LogP contribution in [-0.4, -0.2) is 96.3 Å². The second-order valence-electron chi connectivity index (χ2n) is 12.0. The second-order valence-corrected chi connectivity index (χ2v) is 12.0. The maximum Gasteiger partial charge on any atom is 0.416 e. The number of carbonyl (C=O) groups excluding carboxylic acids is 3. The summed E-state index contributed by atoms with van der Waals surface area (Å²) in [5.41, 5.74) is -0.971. The monoisotopic (exact) mass is 563 g/mol. The molecule has 1 fully saturated rings. The van der Waals surface area contributed by atoms with Crippen molar-refractivity contribution < 1.29 is 33.4 Å². The molecule has 2 rings (SSSR count). The lowest BCUT2D eigenvalue weighted by atomic mass is 10.0. The molecule has 12 heteroatoms. The van der Waals surface area contributed by atoms with Crippen molar-refractivity contribution in [3.8, 4) is 5.75 Å². The summed E-state index contributed by atoms with van der Waals surface area (Å²) in [4.78, 5) is 47.7. The van der Waals surface area contributed by atoms with Gasteiger partial charge in [0.1, 0.15) is 42.0 Å². The van der Waals surface area contributed by atoms with Crippen LogP contribution in [0.5, 0.6) is 5.75 Å². The highest BCUT2D eigenvalue weighted by Crippen LogP contribution is 2.29. The number of rotatable bonds is 9. The summed E-state index contributed by atoms with van der Waals surface area (Å²) in [5, 5.41) is 8.81. The molecule has 1 aromatic rings. The van der Waals surface area contributed by atoms with Gasteiger partial charge in [-0.2, -0.15) is 0 Å². The number of amidine groups is 1. The van der Waals surface area contributed by atoms with Gasteiger partial charge in [-0.1, -0.05) is 0 Å². The van der Waals surface area contributed by atoms with Crippen molar-refractivity contribution in [2.24, 2.45) is 11.8 Å². The molecule has 0 saturated carbocycles. The molecule has 0 radical (unpaired) electrons. The Hall–Kier alpha value is -3.38. The molecule has 3 amide bonds. The number of nitrogens with two attached hydrogens (primary N) is 1. The summed E-state index contributed by atoms with van der Waals surface area (Å²) in [6.45, 7) is 11.6. The average molecular weight is 564 g/mol. The zero-order chi connectivity index (χ0) is 30.3. The lowest BCUT2D eigenvalue weighted by Gasteiger charge is -2.29. The Bertz CT molecular complexity index is 1030. The predicted octanol–water partition coefficient (Wildman–Crippen LogP) is 3.62. The van der Waals surface area contributed by atoms with E-state index in [0.717, 1.165) is 0 Å². The summed E-state index contributed by atoms with van der Waals surface area (Å²) < 4.78 is 16.7. The van der Waals surface area contributed by atoms with Crippen molar-refractivity contribution in [1.82, 2.24) is 14.7 Å². The lowest BCUT2D eigenvalue weighted by Crippen LogP contribution is -2.47. The van der Waals surface area contributed by atoms with Crippen LogP contribution in [-0.2, 0) is 19.1 Å². The minimum absolute atomic E-state index is 0.0333. The van der Waals surface area contributed by atoms with Gasteiger partial charge >= 0.3 is 12.2 Å². The number of ether oxygens (including phenoxy) is 3. The van der Waals surface area contributed by atoms with Crippen molar-refractivity contribution in [2.75, 3.05) is 40.4 Å². The predicted molar refractivity (Wildman–Crippen MR) is 150 cm³/mol. The van der Waals surface area contributed by atoms with Crippen LogP contribution in [0, 0.1) is 11.3 Å². The van der Waals surface area contributed by atoms with Crippen molar-refractivity contribution in [3.05, 3.63) is 29.8 Å². The van der Waals surface area contributed by atoms with Crippen LogP contribution in [0.3, 0.4) is 0 Å². The topological polar surface area (TPSA) is 148 Å². The molecule has 1 aliphatic heterocycles. The third kappa shape index (κ3) is 9.98. The first kappa shape index (κ1) is 32.8. The highest BCUT2D eigenvalue weighted by molar-refractivity contribution is 6.04. The number of hydrogen-bond donors (Lipinski definition) is 2. The van der Waals surface area contributed by atoms with E-state index in [1.54, 1.807) is 79.9 Å². The SMILES string of the molecule is CN(C)C(=O)[C@@H]1C[C@H](CCN(C(=N)c2ccc(OCCON)cc2)C(=O)OC(C)(C)C)CN1C(=O)OC(C)(C)C. The highest BCUT2D eigenvalue weighted by atomic mass is 16.6. The molecule has 0 unspecified atom stereocenters. The van der Waals surface area contributed by atoms with Crippen molar-refractivity contribution in [1.29, 1.82) is 5.41 Å². The number of benzene rings is 1. The number of likely N-dealkylation sites (N-methyl/N-ethyl adjacent to an activating group) is 1. The zero-order valence-electron chi connectivity index (χ0n) is 25.0. The fourth-order valence-electron chi connectivity index (χ4n) is 4.18. The number of carbonyl (C=O) groups is 3. The highest BCUT2D eigenvalue weighted by Gasteiger charge is 2.42. The van der Waals surface area contributed by atoms with E-state index in [9.17, 15) is 14.4 Å². The van der Waals surface area contributed by atoms with Crippen LogP contribution in [0.2, 0.25) is 0 Å². The van der Waals surface area contributed by atoms with E-state index in [2.05, 4.69) is 4.84 Å². The van der Waals surface area contributed by atoms with Gasteiger partial charge in [0.05, 0.1) is 0 Å². The molecule has 1 aromatic carbocycles. The van der Waals surface area contributed by atoms with Crippen molar-refractivity contribution in [2.45, 2.75) is 71.6 Å². The van der Waals surface area contributed by atoms with Crippen LogP contribution in [0.15, 0.2) is 24.3 Å². The Labute approximate surface area is 237 Å². The smallest absolute Gasteiger partial charge is 0.416 e. The number of hydrogen-bond acceptors (Lipinski definition) is 9. The van der Waals surface area contributed by atoms with E-state index in [-0.39, 0.29) is 37.4 Å². The average Bonchev–Trinajstić information content (AvgIpc) is 3.26. The Kier molecular flexibility index (Phi) is 11.3. The minimum atomic E-state index is -0.761. The first-order chi connectivity index (χ1) is 18.5. The maximum absolute atomic E-state index is 13.2. The summed E-state index contributed by atoms with van der Waals surface area (Å²) in [5.74, 6) is 5.27. The molecule has 12 nitrogen and oxygen atoms in total. The van der Waals surface area contributed by atoms with E-state index in [1.807, 2.05) is 0 Å². The normalized spacial score (nSPS) is 17.3. The molecular formula is C28H45N5O7. The van der Waals surface area contributed by atoms with Gasteiger partial charge in [-0.3, -0.25) is 20.0 Å². The van der Waals surface area contributed by atoms with E-state index in [1.165, 1.54) is 14.7 Å². The summed E-state index contributed by atoms with van der Waals surface area (Å²) >= 11 is 0. The van der Waals surface area contributed by atoms with Crippen molar-refractivity contribution in [3.63, 3.8) is 0 Å². The summed E-state index contributed by atoms with van der Waals surface area (Å²) in [6.07, 6.45) is -0.337. The fraction of sp³-hybridized carbons (Fsp3) is 0.643. The quantitative estimate of drug-likeness (QED) is 0.200. The van der Waals surface area contributed by atoms with Crippen LogP contribution in [0.1, 0.15) is 59.9 Å². The summed E-state index contributed by atoms with van der Waals surface area (Å²) in [6, 6.07) is 6.09. The lowest BCUT2D eigenvalue weighted by molar-refractivity contribution is -0.133. The largest absolute Gasteiger partial charge is 0.491 e. The number of likely N-dealkylation sites (tertiary alicyclic amines) is 1. The van der Waals surface area contributed by atoms with Gasteiger partial charge in [-0.05, 0) is 84.6 Å². The Morgan fingerprint density at radius 3 is 2.12 bits per heavy atom. The molecule has 0 bridgehead atoms. The van der Waals surface area contributed by atoms with Gasteiger partial charge in [-0.15, -0.1) is 0 Å². The molecule has 1 saturated heterocycles. The molecule has 3 N–H and O–H groups in total. The maximum atomic E-state index is 13.2. The van der Waals surface area contributed by atoms with Crippen LogP contribution in [0.25, 0.3) is 0 Å². The van der Waals surface area contributed by atoms with E-state index in [0.29, 0.717) is 30.7 Å². The third-order valence-electron chi connectivity index (χ3n) is 5.98. The van der Waals surface area contributed by atoms with Gasteiger partial charge in [-0.25, -0.2) is 15.5 Å². The fourth-order valence-corrected chi connectivity index (χ4v) is 4.18. The standard InChI is InChI=1S/C28H45N5O7/c1-27(2,3)39-25(35)32(23(29)20-9-11-21(12-10-20)37-15-16-38-30)14-13-19-17-22(24(34)31(7)8)33(18-19)26(36)40-28(4,5)6/h9-12,19,22,29H,13-18,30H2,1-8H3/t19-,22-/m0/s1. The molecule has 2 atom stereocenters. The van der Waals surface area contributed by atoms with Crippen LogP contribution < -0.4 is 10.6 Å². The van der Waals surface area contributed by atoms with Gasteiger partial charge in [0.25, 0.3) is 0 Å². The minimum Gasteiger partial charge on any atom is -0.491 e. The molecule has 0 spiro atoms. The van der Waals surface area contributed by atoms with E-state index < -0.39 is 29.4 Å². The molecule has 0 aliphatic carbocycles. The molecule has 40 heavy (non-hydrogen) atoms. The van der Waals surface area contributed by atoms with Gasteiger partial charge in [0, 0.05) is 32.7 Å². The van der Waals surface area contributed by atoms with E-state index >= 15 is 0 Å². The molecule has 0 aromatic heterocycles. The number of nitrogens with one attached hydrogen (secondary N) is 1. The number of nitrogens with zero attached hydrogens (tertiary/aromatic N) is 3. The molecule has 1 aliphatic rings. The van der Waals surface area contributed by atoms with Crippen LogP contribution in [0.4, 0.5) is 9.59 Å². The van der Waals surface area contributed by atoms with Gasteiger partial charge in [0.15, 0.2) is 0 Å². The Morgan fingerprint density at radius 1 is 1.00 bits per heavy atom. The first-order valence-electron chi connectivity index (χ1n) is 13.4. The van der Waals surface area contributed by atoms with Gasteiger partial charge < -0.3 is 23.9 Å². The Morgan fingerprint density at radius 2 is 1.60 bits per heavy atom. The molecule has 1 heterocycles. The summed E-state index contributed by atoms with van der Waals surface area (Å²) in [7, 11) is 3.30. The Balaban J connectivity index is 2.21. The van der Waals surface area contributed by atoms with Gasteiger partial charge in [0.2, 0.25) is 5.91 Å².